The van der Waals surface area contributed by atoms with Crippen LogP contribution in [0.25, 0.3) is 0 Å². The van der Waals surface area contributed by atoms with Gasteiger partial charge in [0.25, 0.3) is 0 Å². The first-order chi connectivity index (χ1) is 33.1. The Hall–Kier alpha value is -5.22. The highest BCUT2D eigenvalue weighted by molar-refractivity contribution is 5.95. The largest absolute Gasteiger partial charge is 0.493 e. The number of rotatable bonds is 22. The van der Waals surface area contributed by atoms with E-state index in [9.17, 15) is 28.8 Å². The van der Waals surface area contributed by atoms with Crippen molar-refractivity contribution in [3.05, 3.63) is 58.7 Å². The van der Waals surface area contributed by atoms with Crippen LogP contribution in [0.2, 0.25) is 0 Å². The van der Waals surface area contributed by atoms with Crippen LogP contribution in [0.5, 0.6) is 11.5 Å². The van der Waals surface area contributed by atoms with Gasteiger partial charge in [0.2, 0.25) is 35.4 Å². The predicted octanol–water partition coefficient (Wildman–Crippen LogP) is 4.78. The summed E-state index contributed by atoms with van der Waals surface area (Å²) in [7, 11) is 3.40. The average molecular weight is 957 g/mol. The van der Waals surface area contributed by atoms with Crippen LogP contribution in [0, 0.1) is 11.8 Å². The topological polar surface area (TPSA) is 200 Å². The van der Waals surface area contributed by atoms with E-state index in [2.05, 4.69) is 44.0 Å². The molecule has 2 fully saturated rings. The van der Waals surface area contributed by atoms with Crippen LogP contribution in [0.15, 0.2) is 36.4 Å². The number of fused-ring (bicyclic) bond motifs is 2. The summed E-state index contributed by atoms with van der Waals surface area (Å²) in [6.07, 6.45) is 10.4. The molecule has 0 spiro atoms. The van der Waals surface area contributed by atoms with Crippen LogP contribution in [0.1, 0.15) is 147 Å². The molecule has 4 aliphatic rings. The number of nitrogens with zero attached hydrogens (tertiary/aromatic N) is 2. The third kappa shape index (κ3) is 13.2. The molecule has 2 aliphatic carbocycles. The minimum atomic E-state index is -0.717. The van der Waals surface area contributed by atoms with E-state index in [0.29, 0.717) is 39.1 Å². The van der Waals surface area contributed by atoms with Gasteiger partial charge in [0, 0.05) is 13.1 Å². The van der Waals surface area contributed by atoms with Gasteiger partial charge in [0.1, 0.15) is 35.7 Å². The van der Waals surface area contributed by atoms with E-state index in [-0.39, 0.29) is 59.4 Å². The zero-order chi connectivity index (χ0) is 49.8. The number of carbonyl (C=O) groups excluding carboxylic acids is 6. The maximum absolute atomic E-state index is 13.9. The van der Waals surface area contributed by atoms with Crippen LogP contribution in [0.3, 0.4) is 0 Å². The lowest BCUT2D eigenvalue weighted by atomic mass is 9.87. The molecule has 2 aromatic rings. The molecule has 16 nitrogen and oxygen atoms in total. The van der Waals surface area contributed by atoms with Crippen LogP contribution in [0.4, 0.5) is 0 Å². The summed E-state index contributed by atoms with van der Waals surface area (Å²) in [5.74, 6) is 0.170. The quantitative estimate of drug-likeness (QED) is 0.0894. The minimum Gasteiger partial charge on any atom is -0.493 e. The Bertz CT molecular complexity index is 1970. The summed E-state index contributed by atoms with van der Waals surface area (Å²) in [4.78, 5) is 84.1. The summed E-state index contributed by atoms with van der Waals surface area (Å²) >= 11 is 0. The number of hydrogen-bond acceptors (Lipinski definition) is 10. The smallest absolute Gasteiger partial charge is 0.246 e. The van der Waals surface area contributed by atoms with Crippen molar-refractivity contribution < 1.29 is 38.2 Å². The van der Waals surface area contributed by atoms with Gasteiger partial charge >= 0.3 is 0 Å². The molecule has 380 valence electrons. The maximum atomic E-state index is 13.9. The molecule has 2 aromatic carbocycles. The summed E-state index contributed by atoms with van der Waals surface area (Å²) in [6.45, 7) is 13.2. The Morgan fingerprint density at radius 2 is 0.971 bits per heavy atom. The van der Waals surface area contributed by atoms with Crippen LogP contribution >= 0.6 is 0 Å². The SMILES string of the molecule is CN[C@@H](C)C(=O)N[C@H](C(=O)N1CCC[C@H]1C(=O)N[C@@H]1CCCc2c(OCCCCCOc3cccc4c3CCC[C@H]4NC(=O)[C@@H]3CCCN3C(=O)[C@@H](NC(=O)[C@H](C)NC)C(C)C)cccc21)C(C)C. The zero-order valence-electron chi connectivity index (χ0n) is 42.4. The molecule has 2 heterocycles. The van der Waals surface area contributed by atoms with E-state index in [4.69, 9.17) is 9.47 Å². The van der Waals surface area contributed by atoms with E-state index < -0.39 is 36.3 Å². The fourth-order valence-corrected chi connectivity index (χ4v) is 10.3. The van der Waals surface area contributed by atoms with Crippen molar-refractivity contribution in [1.29, 1.82) is 0 Å². The molecule has 0 aromatic heterocycles. The van der Waals surface area contributed by atoms with Gasteiger partial charge in [-0.05, 0) is 158 Å². The molecule has 6 rings (SSSR count). The molecule has 16 heteroatoms. The number of nitrogens with one attached hydrogen (secondary N) is 6. The van der Waals surface area contributed by atoms with Crippen molar-refractivity contribution in [2.24, 2.45) is 11.8 Å². The molecule has 0 bridgehead atoms. The average Bonchev–Trinajstić information content (AvgIpc) is 4.05. The predicted molar refractivity (Wildman–Crippen MR) is 265 cm³/mol. The molecule has 6 N–H and O–H groups in total. The van der Waals surface area contributed by atoms with E-state index in [1.165, 1.54) is 0 Å². The van der Waals surface area contributed by atoms with Crippen molar-refractivity contribution in [1.82, 2.24) is 41.7 Å². The van der Waals surface area contributed by atoms with E-state index in [0.717, 1.165) is 104 Å². The first-order valence-corrected chi connectivity index (χ1v) is 25.8. The third-order valence-corrected chi connectivity index (χ3v) is 14.7. The molecular formula is C53H80N8O8. The molecule has 2 aliphatic heterocycles. The lowest BCUT2D eigenvalue weighted by Gasteiger charge is -2.33. The standard InChI is InChI=1S/C53H80N8O8/c1-32(2)46(58-48(62)34(5)54-7)52(66)60-28-16-24-42(60)50(64)56-40-22-12-20-38-36(40)18-14-26-44(38)68-30-10-9-11-31-69-45-27-15-19-37-39(45)21-13-23-41(37)57-51(65)43-25-17-29-61(43)53(67)47(33(3)4)59-49(63)35(6)55-8/h14-15,18-19,26-27,32-35,40-43,46-47,54-55H,9-13,16-17,20-25,28-31H2,1-8H3,(H,56,64)(H,57,65)(H,58,62)(H,59,63)/t34-,35-,40+,41+,42-,43-,46-,47-/m0/s1. The van der Waals surface area contributed by atoms with Gasteiger partial charge in [-0.15, -0.1) is 0 Å². The number of hydrogen-bond donors (Lipinski definition) is 6. The summed E-state index contributed by atoms with van der Waals surface area (Å²) in [6, 6.07) is 8.26. The highest BCUT2D eigenvalue weighted by Crippen LogP contribution is 2.38. The van der Waals surface area contributed by atoms with Gasteiger partial charge in [-0.2, -0.15) is 0 Å². The molecule has 0 saturated carbocycles. The Kier molecular flexibility index (Phi) is 19.3. The first kappa shape index (κ1) is 53.1. The fraction of sp³-hybridized carbons (Fsp3) is 0.660. The summed E-state index contributed by atoms with van der Waals surface area (Å²) in [5, 5.41) is 18.2. The Balaban J connectivity index is 0.966. The third-order valence-electron chi connectivity index (χ3n) is 14.7. The molecule has 6 amide bonds. The molecule has 0 radical (unpaired) electrons. The molecule has 2 saturated heterocycles. The van der Waals surface area contributed by atoms with Crippen LogP contribution in [-0.2, 0) is 41.6 Å². The van der Waals surface area contributed by atoms with Crippen LogP contribution < -0.4 is 41.4 Å². The van der Waals surface area contributed by atoms with Gasteiger partial charge in [-0.25, -0.2) is 0 Å². The molecule has 0 unspecified atom stereocenters. The Labute approximate surface area is 409 Å². The van der Waals surface area contributed by atoms with Gasteiger partial charge in [-0.1, -0.05) is 52.0 Å². The number of likely N-dealkylation sites (N-methyl/N-ethyl adjacent to an activating group) is 2. The molecule has 69 heavy (non-hydrogen) atoms. The highest BCUT2D eigenvalue weighted by atomic mass is 16.5. The van der Waals surface area contributed by atoms with Crippen molar-refractivity contribution in [3.63, 3.8) is 0 Å². The van der Waals surface area contributed by atoms with Gasteiger partial charge < -0.3 is 51.2 Å². The van der Waals surface area contributed by atoms with Gasteiger partial charge in [-0.3, -0.25) is 28.8 Å². The number of unbranched alkanes of at least 4 members (excludes halogenated alkanes) is 2. The van der Waals surface area contributed by atoms with E-state index in [1.54, 1.807) is 37.7 Å². The number of amides is 6. The summed E-state index contributed by atoms with van der Waals surface area (Å²) in [5.41, 5.74) is 4.36. The van der Waals surface area contributed by atoms with Crippen molar-refractivity contribution in [3.8, 4) is 11.5 Å². The number of ether oxygens (including phenoxy) is 2. The number of carbonyl (C=O) groups is 6. The maximum Gasteiger partial charge on any atom is 0.246 e. The number of benzene rings is 2. The number of likely N-dealkylation sites (tertiary alicyclic amines) is 2. The van der Waals surface area contributed by atoms with Crippen molar-refractivity contribution >= 4 is 35.4 Å². The second-order valence-corrected chi connectivity index (χ2v) is 20.2. The first-order valence-electron chi connectivity index (χ1n) is 25.8. The van der Waals surface area contributed by atoms with Crippen molar-refractivity contribution in [2.45, 2.75) is 173 Å². The van der Waals surface area contributed by atoms with Gasteiger partial charge in [0.15, 0.2) is 0 Å². The van der Waals surface area contributed by atoms with E-state index in [1.807, 2.05) is 52.0 Å². The highest BCUT2D eigenvalue weighted by Gasteiger charge is 2.42. The Morgan fingerprint density at radius 1 is 0.565 bits per heavy atom. The lowest BCUT2D eigenvalue weighted by molar-refractivity contribution is -0.142. The van der Waals surface area contributed by atoms with Crippen LogP contribution in [-0.4, -0.2) is 122 Å². The zero-order valence-corrected chi connectivity index (χ0v) is 42.4. The summed E-state index contributed by atoms with van der Waals surface area (Å²) < 4.78 is 12.8. The van der Waals surface area contributed by atoms with Crippen molar-refractivity contribution in [2.75, 3.05) is 40.4 Å². The normalized spacial score (nSPS) is 21.7. The second-order valence-electron chi connectivity index (χ2n) is 20.2. The minimum absolute atomic E-state index is 0.138. The second kappa shape index (κ2) is 25.1. The Morgan fingerprint density at radius 3 is 1.35 bits per heavy atom. The lowest BCUT2D eigenvalue weighted by Crippen LogP contribution is -2.57. The molecule has 8 atom stereocenters. The van der Waals surface area contributed by atoms with Gasteiger partial charge in [0.05, 0.1) is 37.4 Å². The monoisotopic (exact) mass is 957 g/mol. The fourth-order valence-electron chi connectivity index (χ4n) is 10.3. The van der Waals surface area contributed by atoms with E-state index >= 15 is 0 Å². The molecular weight excluding hydrogens is 877 g/mol.